The molecule has 1 saturated heterocycles. The zero-order valence-corrected chi connectivity index (χ0v) is 17.4. The molecule has 0 saturated carbocycles. The zero-order valence-electron chi connectivity index (χ0n) is 14.2. The molecule has 1 aromatic heterocycles. The Morgan fingerprint density at radius 1 is 1.42 bits per heavy atom. The first-order valence-corrected chi connectivity index (χ1v) is 9.65. The van der Waals surface area contributed by atoms with Crippen LogP contribution in [0, 0.1) is 0 Å². The molecule has 2 unspecified atom stereocenters. The maximum absolute atomic E-state index is 11.3. The lowest BCUT2D eigenvalue weighted by molar-refractivity contribution is -0.196. The smallest absolute Gasteiger partial charge is 0.302 e. The Bertz CT molecular complexity index is 837. The van der Waals surface area contributed by atoms with Gasteiger partial charge in [0.05, 0.1) is 32.6 Å². The van der Waals surface area contributed by atoms with Crippen LogP contribution in [0.15, 0.2) is 21.2 Å². The molecule has 0 spiro atoms. The van der Waals surface area contributed by atoms with Gasteiger partial charge in [-0.15, -0.1) is 0 Å². The van der Waals surface area contributed by atoms with Crippen LogP contribution in [0.4, 0.5) is 0 Å². The molecule has 1 aromatic carbocycles. The summed E-state index contributed by atoms with van der Waals surface area (Å²) in [4.78, 5) is 11.3. The number of phenols is 1. The minimum Gasteiger partial charge on any atom is -0.506 e. The highest BCUT2D eigenvalue weighted by Crippen LogP contribution is 2.44. The Morgan fingerprint density at radius 3 is 2.81 bits per heavy atom. The Balaban J connectivity index is 1.90. The van der Waals surface area contributed by atoms with Crippen molar-refractivity contribution < 1.29 is 29.2 Å². The zero-order chi connectivity index (χ0) is 19.0. The number of carbonyl (C=O) groups excluding carboxylic acids is 1. The molecule has 2 aromatic rings. The standard InChI is InChI=1S/C17H19Br2NO6/c1-8(22)24-9-3-10(7-21)25-14(4-9)26-13-6-20(2)12-5-11(18)17(23)16(19)15(12)13/h5-6,9-10,14,21,23H,3-4,7H2,1-2H3/t9?,10-,14?/m0/s1. The molecule has 7 nitrogen and oxygen atoms in total. The average Bonchev–Trinajstić information content (AvgIpc) is 2.87. The van der Waals surface area contributed by atoms with Crippen molar-refractivity contribution in [2.75, 3.05) is 6.61 Å². The maximum Gasteiger partial charge on any atom is 0.302 e. The van der Waals surface area contributed by atoms with E-state index in [4.69, 9.17) is 14.2 Å². The SMILES string of the molecule is CC(=O)OC1CC(Oc2cn(C)c3cc(Br)c(O)c(Br)c23)O[C@H](CO)C1. The molecule has 0 amide bonds. The number of nitrogens with zero attached hydrogens (tertiary/aromatic N) is 1. The van der Waals surface area contributed by atoms with E-state index in [2.05, 4.69) is 31.9 Å². The van der Waals surface area contributed by atoms with Gasteiger partial charge in [0, 0.05) is 33.0 Å². The largest absolute Gasteiger partial charge is 0.506 e. The van der Waals surface area contributed by atoms with Crippen molar-refractivity contribution in [2.24, 2.45) is 7.05 Å². The van der Waals surface area contributed by atoms with E-state index >= 15 is 0 Å². The number of rotatable bonds is 4. The molecule has 142 valence electrons. The molecule has 0 aliphatic carbocycles. The van der Waals surface area contributed by atoms with Gasteiger partial charge < -0.3 is 29.0 Å². The number of carbonyl (C=O) groups is 1. The number of halogens is 2. The van der Waals surface area contributed by atoms with Crippen LogP contribution >= 0.6 is 31.9 Å². The monoisotopic (exact) mass is 491 g/mol. The van der Waals surface area contributed by atoms with E-state index in [1.165, 1.54) is 6.92 Å². The van der Waals surface area contributed by atoms with Crippen LogP contribution in [-0.4, -0.2) is 45.9 Å². The van der Waals surface area contributed by atoms with Crippen molar-refractivity contribution in [2.45, 2.75) is 38.3 Å². The van der Waals surface area contributed by atoms with E-state index in [-0.39, 0.29) is 24.4 Å². The minimum absolute atomic E-state index is 0.0733. The summed E-state index contributed by atoms with van der Waals surface area (Å²) in [5, 5.41) is 20.3. The van der Waals surface area contributed by atoms with Crippen LogP contribution in [0.2, 0.25) is 0 Å². The number of aromatic nitrogens is 1. The van der Waals surface area contributed by atoms with Crippen molar-refractivity contribution in [1.82, 2.24) is 4.57 Å². The summed E-state index contributed by atoms with van der Waals surface area (Å²) in [5.74, 6) is 0.210. The lowest BCUT2D eigenvalue weighted by Crippen LogP contribution is -2.41. The number of esters is 1. The number of aromatic hydroxyl groups is 1. The summed E-state index contributed by atoms with van der Waals surface area (Å²) in [7, 11) is 1.87. The van der Waals surface area contributed by atoms with Crippen LogP contribution in [0.5, 0.6) is 11.5 Å². The van der Waals surface area contributed by atoms with E-state index in [0.29, 0.717) is 32.9 Å². The molecular formula is C17H19Br2NO6. The lowest BCUT2D eigenvalue weighted by atomic mass is 10.1. The molecule has 1 fully saturated rings. The second kappa shape index (κ2) is 7.75. The van der Waals surface area contributed by atoms with E-state index in [1.807, 2.05) is 11.6 Å². The number of aliphatic hydroxyl groups excluding tert-OH is 1. The fraction of sp³-hybridized carbons (Fsp3) is 0.471. The Hall–Kier alpha value is -1.29. The second-order valence-electron chi connectivity index (χ2n) is 6.21. The molecule has 3 atom stereocenters. The highest BCUT2D eigenvalue weighted by Gasteiger charge is 2.33. The van der Waals surface area contributed by atoms with Gasteiger partial charge in [0.1, 0.15) is 17.6 Å². The first-order valence-electron chi connectivity index (χ1n) is 8.06. The molecule has 2 N–H and O–H groups in total. The quantitative estimate of drug-likeness (QED) is 0.637. The molecule has 0 radical (unpaired) electrons. The summed E-state index contributed by atoms with van der Waals surface area (Å²) in [6, 6.07) is 1.79. The number of aryl methyl sites for hydroxylation is 1. The van der Waals surface area contributed by atoms with Crippen LogP contribution in [0.25, 0.3) is 10.9 Å². The molecule has 3 rings (SSSR count). The second-order valence-corrected chi connectivity index (χ2v) is 7.86. The van der Waals surface area contributed by atoms with Gasteiger partial charge in [-0.1, -0.05) is 0 Å². The Kier molecular flexibility index (Phi) is 5.81. The fourth-order valence-electron chi connectivity index (χ4n) is 3.10. The first-order chi connectivity index (χ1) is 12.3. The predicted molar refractivity (Wildman–Crippen MR) is 101 cm³/mol. The van der Waals surface area contributed by atoms with E-state index in [0.717, 1.165) is 5.52 Å². The number of aliphatic hydroxyl groups is 1. The van der Waals surface area contributed by atoms with Crippen LogP contribution < -0.4 is 4.74 Å². The van der Waals surface area contributed by atoms with Gasteiger partial charge in [-0.3, -0.25) is 4.79 Å². The topological polar surface area (TPSA) is 90.2 Å². The van der Waals surface area contributed by atoms with Crippen molar-refractivity contribution in [3.05, 3.63) is 21.2 Å². The highest BCUT2D eigenvalue weighted by atomic mass is 79.9. The summed E-state index contributed by atoms with van der Waals surface area (Å²) in [5.41, 5.74) is 0.850. The van der Waals surface area contributed by atoms with Gasteiger partial charge in [-0.25, -0.2) is 0 Å². The van der Waals surface area contributed by atoms with Gasteiger partial charge in [-0.2, -0.15) is 0 Å². The maximum atomic E-state index is 11.3. The number of phenolic OH excluding ortho intramolecular Hbond substituents is 1. The minimum atomic E-state index is -0.687. The van der Waals surface area contributed by atoms with Gasteiger partial charge in [-0.05, 0) is 37.9 Å². The van der Waals surface area contributed by atoms with E-state index in [1.54, 1.807) is 12.3 Å². The summed E-state index contributed by atoms with van der Waals surface area (Å²) in [6.07, 6.45) is 1.01. The number of fused-ring (bicyclic) bond motifs is 1. The van der Waals surface area contributed by atoms with E-state index in [9.17, 15) is 15.0 Å². The van der Waals surface area contributed by atoms with Gasteiger partial charge in [0.25, 0.3) is 0 Å². The van der Waals surface area contributed by atoms with Crippen molar-refractivity contribution in [3.8, 4) is 11.5 Å². The normalized spacial score (nSPS) is 23.2. The average molecular weight is 493 g/mol. The molecule has 2 heterocycles. The molecule has 1 aliphatic rings. The third-order valence-electron chi connectivity index (χ3n) is 4.23. The number of hydrogen-bond donors (Lipinski definition) is 2. The Morgan fingerprint density at radius 2 is 2.15 bits per heavy atom. The van der Waals surface area contributed by atoms with Crippen LogP contribution in [0.3, 0.4) is 0 Å². The van der Waals surface area contributed by atoms with Crippen LogP contribution in [-0.2, 0) is 21.3 Å². The predicted octanol–water partition coefficient (Wildman–Crippen LogP) is 3.22. The molecule has 1 aliphatic heterocycles. The Labute approximate surface area is 167 Å². The lowest BCUT2D eigenvalue weighted by Gasteiger charge is -2.33. The van der Waals surface area contributed by atoms with Gasteiger partial charge in [0.2, 0.25) is 6.29 Å². The van der Waals surface area contributed by atoms with Crippen molar-refractivity contribution >= 4 is 48.7 Å². The van der Waals surface area contributed by atoms with Gasteiger partial charge in [0.15, 0.2) is 0 Å². The van der Waals surface area contributed by atoms with Gasteiger partial charge >= 0.3 is 5.97 Å². The third-order valence-corrected chi connectivity index (χ3v) is 5.61. The molecule has 0 bridgehead atoms. The van der Waals surface area contributed by atoms with Crippen molar-refractivity contribution in [1.29, 1.82) is 0 Å². The number of benzene rings is 1. The van der Waals surface area contributed by atoms with Crippen molar-refractivity contribution in [3.63, 3.8) is 0 Å². The number of ether oxygens (including phenoxy) is 3. The summed E-state index contributed by atoms with van der Waals surface area (Å²) >= 11 is 6.73. The van der Waals surface area contributed by atoms with E-state index < -0.39 is 12.4 Å². The summed E-state index contributed by atoms with van der Waals surface area (Å²) < 4.78 is 20.0. The highest BCUT2D eigenvalue weighted by molar-refractivity contribution is 9.11. The first kappa shape index (κ1) is 19.5. The molecule has 9 heteroatoms. The number of hydrogen-bond acceptors (Lipinski definition) is 6. The molecule has 26 heavy (non-hydrogen) atoms. The van der Waals surface area contributed by atoms with Crippen LogP contribution in [0.1, 0.15) is 19.8 Å². The molecular weight excluding hydrogens is 474 g/mol. The third kappa shape index (κ3) is 3.85. The fourth-order valence-corrected chi connectivity index (χ4v) is 4.40. The summed E-state index contributed by atoms with van der Waals surface area (Å²) in [6.45, 7) is 1.16.